The Balaban J connectivity index is 1.90. The van der Waals surface area contributed by atoms with Crippen LogP contribution >= 0.6 is 0 Å². The van der Waals surface area contributed by atoms with Crippen LogP contribution in [-0.2, 0) is 16.0 Å². The van der Waals surface area contributed by atoms with Gasteiger partial charge >= 0.3 is 18.3 Å². The predicted molar refractivity (Wildman–Crippen MR) is 107 cm³/mol. The lowest BCUT2D eigenvalue weighted by molar-refractivity contribution is -0.275. The first-order valence-electron chi connectivity index (χ1n) is 9.78. The SMILES string of the molecule is CCS(=O)(=O)c1nn2c(NCC(F)(F)C(F)(F)F)ccnc2c1-c1nc2cc(C(F)(F)F)ccn2n1. The van der Waals surface area contributed by atoms with Crippen LogP contribution in [-0.4, -0.2) is 62.0 Å². The van der Waals surface area contributed by atoms with Crippen molar-refractivity contribution in [2.75, 3.05) is 17.6 Å². The lowest BCUT2D eigenvalue weighted by atomic mass is 10.2. The number of anilines is 1. The molecular weight excluding hydrogens is 530 g/mol. The minimum atomic E-state index is -5.85. The number of hydrogen-bond acceptors (Lipinski definition) is 7. The van der Waals surface area contributed by atoms with Gasteiger partial charge in [-0.25, -0.2) is 22.9 Å². The van der Waals surface area contributed by atoms with E-state index in [1.54, 1.807) is 0 Å². The molecule has 0 aliphatic heterocycles. The zero-order valence-electron chi connectivity index (χ0n) is 17.7. The summed E-state index contributed by atoms with van der Waals surface area (Å²) in [5.41, 5.74) is -2.09. The number of sulfone groups is 1. The third-order valence-electron chi connectivity index (χ3n) is 4.96. The van der Waals surface area contributed by atoms with Gasteiger partial charge < -0.3 is 5.32 Å². The number of aromatic nitrogens is 6. The van der Waals surface area contributed by atoms with Crippen LogP contribution in [0.1, 0.15) is 12.5 Å². The van der Waals surface area contributed by atoms with E-state index >= 15 is 0 Å². The van der Waals surface area contributed by atoms with E-state index in [2.05, 4.69) is 20.2 Å². The Morgan fingerprint density at radius 2 is 1.72 bits per heavy atom. The number of nitrogens with zero attached hydrogens (tertiary/aromatic N) is 6. The molecule has 0 atom stereocenters. The van der Waals surface area contributed by atoms with Crippen LogP contribution in [0.3, 0.4) is 0 Å². The van der Waals surface area contributed by atoms with Crippen molar-refractivity contribution in [3.05, 3.63) is 36.2 Å². The molecule has 36 heavy (non-hydrogen) atoms. The average Bonchev–Trinajstić information content (AvgIpc) is 3.37. The van der Waals surface area contributed by atoms with Gasteiger partial charge in [0.15, 0.2) is 32.0 Å². The smallest absolute Gasteiger partial charge is 0.363 e. The van der Waals surface area contributed by atoms with Gasteiger partial charge in [-0.1, -0.05) is 6.92 Å². The van der Waals surface area contributed by atoms with E-state index in [1.165, 1.54) is 6.92 Å². The molecule has 1 N–H and O–H groups in total. The normalized spacial score (nSPS) is 13.6. The highest BCUT2D eigenvalue weighted by Crippen LogP contribution is 2.36. The summed E-state index contributed by atoms with van der Waals surface area (Å²) in [5.74, 6) is -6.52. The van der Waals surface area contributed by atoms with E-state index < -0.39 is 62.6 Å². The van der Waals surface area contributed by atoms with E-state index in [0.29, 0.717) is 16.6 Å². The number of nitrogens with one attached hydrogen (secondary N) is 1. The van der Waals surface area contributed by atoms with Gasteiger partial charge in [0.1, 0.15) is 11.4 Å². The molecule has 0 aromatic carbocycles. The van der Waals surface area contributed by atoms with E-state index in [1.807, 2.05) is 5.32 Å². The molecule has 0 saturated heterocycles. The van der Waals surface area contributed by atoms with Gasteiger partial charge in [-0.15, -0.1) is 5.10 Å². The fourth-order valence-electron chi connectivity index (χ4n) is 3.08. The third-order valence-corrected chi connectivity index (χ3v) is 6.59. The molecule has 0 unspecified atom stereocenters. The second-order valence-electron chi connectivity index (χ2n) is 7.36. The standard InChI is InChI=1S/C18H13F8N7O2S/c1-2-36(34,35)15-12(13-29-11-7-9(17(21,22)23)4-6-32(11)30-13)14-27-5-3-10(33(14)31-15)28-8-16(19,20)18(24,25)26/h3-7,28H,2,8H2,1H3. The molecule has 0 saturated carbocycles. The van der Waals surface area contributed by atoms with Crippen LogP contribution in [0.15, 0.2) is 35.6 Å². The number of alkyl halides is 8. The molecule has 4 rings (SSSR count). The summed E-state index contributed by atoms with van der Waals surface area (Å²) >= 11 is 0. The molecule has 0 radical (unpaired) electrons. The molecule has 0 amide bonds. The summed E-state index contributed by atoms with van der Waals surface area (Å²) in [7, 11) is -4.19. The quantitative estimate of drug-likeness (QED) is 0.368. The van der Waals surface area contributed by atoms with Crippen LogP contribution in [0.5, 0.6) is 0 Å². The molecule has 0 bridgehead atoms. The number of fused-ring (bicyclic) bond motifs is 2. The monoisotopic (exact) mass is 543 g/mol. The molecule has 0 aliphatic rings. The maximum absolute atomic E-state index is 13.4. The zero-order valence-corrected chi connectivity index (χ0v) is 18.5. The Morgan fingerprint density at radius 1 is 1.03 bits per heavy atom. The van der Waals surface area contributed by atoms with Crippen molar-refractivity contribution < 1.29 is 43.5 Å². The first-order valence-corrected chi connectivity index (χ1v) is 11.4. The minimum Gasteiger partial charge on any atom is -0.363 e. The van der Waals surface area contributed by atoms with Gasteiger partial charge in [0, 0.05) is 12.4 Å². The van der Waals surface area contributed by atoms with Crippen LogP contribution < -0.4 is 5.32 Å². The van der Waals surface area contributed by atoms with Crippen molar-refractivity contribution in [3.63, 3.8) is 0 Å². The van der Waals surface area contributed by atoms with Gasteiger partial charge in [0.25, 0.3) is 0 Å². The second-order valence-corrected chi connectivity index (χ2v) is 9.55. The first-order chi connectivity index (χ1) is 16.5. The average molecular weight is 543 g/mol. The summed E-state index contributed by atoms with van der Waals surface area (Å²) < 4.78 is 131. The summed E-state index contributed by atoms with van der Waals surface area (Å²) in [6.45, 7) is -0.639. The van der Waals surface area contributed by atoms with Crippen molar-refractivity contribution in [3.8, 4) is 11.4 Å². The zero-order chi connectivity index (χ0) is 26.7. The van der Waals surface area contributed by atoms with E-state index in [9.17, 15) is 43.5 Å². The molecule has 0 aliphatic carbocycles. The second kappa shape index (κ2) is 8.24. The highest BCUT2D eigenvalue weighted by Gasteiger charge is 2.57. The highest BCUT2D eigenvalue weighted by molar-refractivity contribution is 7.91. The molecule has 4 aromatic rings. The van der Waals surface area contributed by atoms with E-state index in [4.69, 9.17) is 0 Å². The van der Waals surface area contributed by atoms with Crippen LogP contribution in [0.2, 0.25) is 0 Å². The van der Waals surface area contributed by atoms with Gasteiger partial charge in [-0.05, 0) is 18.2 Å². The van der Waals surface area contributed by atoms with Gasteiger partial charge in [-0.3, -0.25) is 0 Å². The lowest BCUT2D eigenvalue weighted by Gasteiger charge is -2.20. The van der Waals surface area contributed by atoms with Crippen molar-refractivity contribution in [2.24, 2.45) is 0 Å². The van der Waals surface area contributed by atoms with Crippen molar-refractivity contribution >= 4 is 26.9 Å². The van der Waals surface area contributed by atoms with Crippen LogP contribution in [0.25, 0.3) is 22.7 Å². The first kappa shape index (κ1) is 25.5. The van der Waals surface area contributed by atoms with Gasteiger partial charge in [-0.2, -0.15) is 44.7 Å². The molecule has 4 aromatic heterocycles. The van der Waals surface area contributed by atoms with E-state index in [0.717, 1.165) is 23.0 Å². The number of hydrogen-bond donors (Lipinski definition) is 1. The highest BCUT2D eigenvalue weighted by atomic mass is 32.2. The molecule has 4 heterocycles. The van der Waals surface area contributed by atoms with Crippen molar-refractivity contribution in [2.45, 2.75) is 30.2 Å². The Morgan fingerprint density at radius 3 is 2.33 bits per heavy atom. The van der Waals surface area contributed by atoms with Crippen molar-refractivity contribution in [1.29, 1.82) is 0 Å². The minimum absolute atomic E-state index is 0.307. The number of halogens is 8. The number of rotatable bonds is 6. The summed E-state index contributed by atoms with van der Waals surface area (Å²) in [4.78, 5) is 7.86. The molecule has 18 heteroatoms. The maximum Gasteiger partial charge on any atom is 0.455 e. The van der Waals surface area contributed by atoms with Crippen LogP contribution in [0.4, 0.5) is 40.9 Å². The fraction of sp³-hybridized carbons (Fsp3) is 0.333. The Labute approximate surface area is 195 Å². The number of pyridine rings is 1. The Bertz CT molecular complexity index is 1560. The molecular formula is C18H13F8N7O2S. The largest absolute Gasteiger partial charge is 0.455 e. The van der Waals surface area contributed by atoms with Crippen LogP contribution in [0, 0.1) is 0 Å². The molecule has 0 spiro atoms. The summed E-state index contributed by atoms with van der Waals surface area (Å²) in [6, 6.07) is 2.35. The molecule has 0 fully saturated rings. The van der Waals surface area contributed by atoms with Gasteiger partial charge in [0.05, 0.1) is 17.9 Å². The third kappa shape index (κ3) is 4.40. The summed E-state index contributed by atoms with van der Waals surface area (Å²) in [5, 5.41) is 8.98. The van der Waals surface area contributed by atoms with E-state index in [-0.39, 0.29) is 16.9 Å². The lowest BCUT2D eigenvalue weighted by Crippen LogP contribution is -2.42. The summed E-state index contributed by atoms with van der Waals surface area (Å²) in [6.07, 6.45) is -8.63. The molecule has 194 valence electrons. The Hall–Kier alpha value is -3.57. The fourth-order valence-corrected chi connectivity index (χ4v) is 4.05. The topological polar surface area (TPSA) is 107 Å². The van der Waals surface area contributed by atoms with Crippen molar-refractivity contribution in [1.82, 2.24) is 29.2 Å². The maximum atomic E-state index is 13.4. The Kier molecular flexibility index (Phi) is 5.84. The predicted octanol–water partition coefficient (Wildman–Crippen LogP) is 3.86. The van der Waals surface area contributed by atoms with Gasteiger partial charge in [0.2, 0.25) is 0 Å². The molecule has 9 nitrogen and oxygen atoms in total.